The Morgan fingerprint density at radius 1 is 1.04 bits per heavy atom. The standard InChI is InChI=1S/C17H13F3N6O2/c1-10-13(16(28)25-24-15(27)11-3-2-6-21-7-11)9-23-26(10)14-5-4-12(8-22-14)17(18,19)20/h2-9H,1H3,(H,24,27)(H,25,28). The Morgan fingerprint density at radius 2 is 1.79 bits per heavy atom. The lowest BCUT2D eigenvalue weighted by Gasteiger charge is -2.09. The summed E-state index contributed by atoms with van der Waals surface area (Å²) >= 11 is 0. The molecule has 0 radical (unpaired) electrons. The van der Waals surface area contributed by atoms with Crippen LogP contribution in [0.15, 0.2) is 49.1 Å². The van der Waals surface area contributed by atoms with Gasteiger partial charge in [0.25, 0.3) is 11.8 Å². The fourth-order valence-electron chi connectivity index (χ4n) is 2.29. The summed E-state index contributed by atoms with van der Waals surface area (Å²) in [7, 11) is 0. The number of pyridine rings is 2. The van der Waals surface area contributed by atoms with Crippen LogP contribution in [-0.2, 0) is 6.18 Å². The first-order valence-electron chi connectivity index (χ1n) is 7.86. The van der Waals surface area contributed by atoms with Gasteiger partial charge in [0.2, 0.25) is 0 Å². The predicted molar refractivity (Wildman–Crippen MR) is 90.3 cm³/mol. The third-order valence-electron chi connectivity index (χ3n) is 3.76. The molecule has 28 heavy (non-hydrogen) atoms. The monoisotopic (exact) mass is 390 g/mol. The van der Waals surface area contributed by atoms with Crippen molar-refractivity contribution in [1.82, 2.24) is 30.6 Å². The van der Waals surface area contributed by atoms with E-state index in [1.165, 1.54) is 29.3 Å². The summed E-state index contributed by atoms with van der Waals surface area (Å²) in [6.45, 7) is 1.55. The third kappa shape index (κ3) is 3.98. The van der Waals surface area contributed by atoms with Gasteiger partial charge in [0.15, 0.2) is 5.82 Å². The van der Waals surface area contributed by atoms with E-state index in [4.69, 9.17) is 0 Å². The van der Waals surface area contributed by atoms with E-state index in [1.54, 1.807) is 13.0 Å². The molecule has 0 bridgehead atoms. The van der Waals surface area contributed by atoms with Gasteiger partial charge < -0.3 is 0 Å². The molecule has 0 aliphatic heterocycles. The maximum atomic E-state index is 12.6. The summed E-state index contributed by atoms with van der Waals surface area (Å²) in [4.78, 5) is 31.7. The van der Waals surface area contributed by atoms with E-state index in [2.05, 4.69) is 25.9 Å². The van der Waals surface area contributed by atoms with Gasteiger partial charge in [0.1, 0.15) is 0 Å². The summed E-state index contributed by atoms with van der Waals surface area (Å²) in [6.07, 6.45) is 0.246. The van der Waals surface area contributed by atoms with Crippen LogP contribution in [0.25, 0.3) is 5.82 Å². The molecule has 3 aromatic heterocycles. The summed E-state index contributed by atoms with van der Waals surface area (Å²) in [5.74, 6) is -1.09. The molecule has 0 saturated carbocycles. The average molecular weight is 390 g/mol. The van der Waals surface area contributed by atoms with Crippen molar-refractivity contribution in [2.45, 2.75) is 13.1 Å². The Morgan fingerprint density at radius 3 is 2.39 bits per heavy atom. The van der Waals surface area contributed by atoms with Crippen LogP contribution in [0.2, 0.25) is 0 Å². The molecule has 0 fully saturated rings. The first kappa shape index (κ1) is 19.0. The number of rotatable bonds is 3. The molecular weight excluding hydrogens is 377 g/mol. The van der Waals surface area contributed by atoms with Crippen molar-refractivity contribution in [2.24, 2.45) is 0 Å². The molecule has 144 valence electrons. The van der Waals surface area contributed by atoms with Crippen molar-refractivity contribution in [3.05, 3.63) is 71.4 Å². The second-order valence-electron chi connectivity index (χ2n) is 5.61. The van der Waals surface area contributed by atoms with E-state index in [0.717, 1.165) is 12.1 Å². The number of hydrazine groups is 1. The van der Waals surface area contributed by atoms with Gasteiger partial charge in [0, 0.05) is 18.6 Å². The van der Waals surface area contributed by atoms with Crippen LogP contribution in [0.1, 0.15) is 32.0 Å². The Labute approximate surface area is 156 Å². The number of nitrogens with zero attached hydrogens (tertiary/aromatic N) is 4. The van der Waals surface area contributed by atoms with Crippen molar-refractivity contribution in [2.75, 3.05) is 0 Å². The highest BCUT2D eigenvalue weighted by Crippen LogP contribution is 2.28. The molecule has 8 nitrogen and oxygen atoms in total. The van der Waals surface area contributed by atoms with Gasteiger partial charge in [-0.15, -0.1) is 0 Å². The number of hydrogen-bond acceptors (Lipinski definition) is 5. The van der Waals surface area contributed by atoms with Crippen LogP contribution in [0.5, 0.6) is 0 Å². The Bertz CT molecular complexity index is 1000. The van der Waals surface area contributed by atoms with E-state index >= 15 is 0 Å². The van der Waals surface area contributed by atoms with Crippen LogP contribution < -0.4 is 10.9 Å². The zero-order chi connectivity index (χ0) is 20.3. The van der Waals surface area contributed by atoms with Gasteiger partial charge in [-0.1, -0.05) is 0 Å². The van der Waals surface area contributed by atoms with Crippen molar-refractivity contribution < 1.29 is 22.8 Å². The SMILES string of the molecule is Cc1c(C(=O)NNC(=O)c2cccnc2)cnn1-c1ccc(C(F)(F)F)cn1. The van der Waals surface area contributed by atoms with Crippen LogP contribution in [-0.4, -0.2) is 31.6 Å². The van der Waals surface area contributed by atoms with Crippen LogP contribution >= 0.6 is 0 Å². The van der Waals surface area contributed by atoms with E-state index in [0.29, 0.717) is 11.9 Å². The maximum absolute atomic E-state index is 12.6. The molecule has 0 aliphatic rings. The average Bonchev–Trinajstić information content (AvgIpc) is 3.07. The zero-order valence-corrected chi connectivity index (χ0v) is 14.4. The molecule has 0 aliphatic carbocycles. The fourth-order valence-corrected chi connectivity index (χ4v) is 2.29. The van der Waals surface area contributed by atoms with Gasteiger partial charge in [-0.05, 0) is 31.2 Å². The van der Waals surface area contributed by atoms with Crippen molar-refractivity contribution in [1.29, 1.82) is 0 Å². The minimum atomic E-state index is -4.50. The first-order valence-corrected chi connectivity index (χ1v) is 7.86. The summed E-state index contributed by atoms with van der Waals surface area (Å²) in [5.41, 5.74) is 4.30. The third-order valence-corrected chi connectivity index (χ3v) is 3.76. The topological polar surface area (TPSA) is 102 Å². The molecule has 11 heteroatoms. The molecule has 0 aromatic carbocycles. The van der Waals surface area contributed by atoms with E-state index in [-0.39, 0.29) is 16.9 Å². The molecule has 3 heterocycles. The molecule has 0 atom stereocenters. The highest BCUT2D eigenvalue weighted by atomic mass is 19.4. The molecule has 2 N–H and O–H groups in total. The predicted octanol–water partition coefficient (Wildman–Crippen LogP) is 2.06. The molecule has 3 rings (SSSR count). The van der Waals surface area contributed by atoms with Crippen molar-refractivity contribution in [3.63, 3.8) is 0 Å². The number of amides is 2. The first-order chi connectivity index (χ1) is 13.3. The number of aromatic nitrogens is 4. The van der Waals surface area contributed by atoms with Crippen LogP contribution in [0.3, 0.4) is 0 Å². The van der Waals surface area contributed by atoms with Crippen molar-refractivity contribution in [3.8, 4) is 5.82 Å². The Kier molecular flexibility index (Phi) is 5.07. The minimum Gasteiger partial charge on any atom is -0.267 e. The number of halogens is 3. The number of hydrogen-bond donors (Lipinski definition) is 2. The lowest BCUT2D eigenvalue weighted by atomic mass is 10.2. The quantitative estimate of drug-likeness (QED) is 0.667. The lowest BCUT2D eigenvalue weighted by molar-refractivity contribution is -0.137. The Balaban J connectivity index is 1.72. The van der Waals surface area contributed by atoms with Gasteiger partial charge >= 0.3 is 6.18 Å². The normalized spacial score (nSPS) is 11.1. The Hall–Kier alpha value is -3.76. The second kappa shape index (κ2) is 7.47. The molecule has 0 unspecified atom stereocenters. The van der Waals surface area contributed by atoms with Crippen molar-refractivity contribution >= 4 is 11.8 Å². The van der Waals surface area contributed by atoms with Gasteiger partial charge in [0.05, 0.1) is 28.6 Å². The largest absolute Gasteiger partial charge is 0.417 e. The molecular formula is C17H13F3N6O2. The molecule has 3 aromatic rings. The zero-order valence-electron chi connectivity index (χ0n) is 14.4. The number of carbonyl (C=O) groups is 2. The highest BCUT2D eigenvalue weighted by Gasteiger charge is 2.30. The smallest absolute Gasteiger partial charge is 0.267 e. The summed E-state index contributed by atoms with van der Waals surface area (Å²) < 4.78 is 39.1. The fraction of sp³-hybridized carbons (Fsp3) is 0.118. The summed E-state index contributed by atoms with van der Waals surface area (Å²) in [6, 6.07) is 5.11. The lowest BCUT2D eigenvalue weighted by Crippen LogP contribution is -2.41. The minimum absolute atomic E-state index is 0.115. The van der Waals surface area contributed by atoms with Gasteiger partial charge in [-0.25, -0.2) is 9.67 Å². The maximum Gasteiger partial charge on any atom is 0.417 e. The number of carbonyl (C=O) groups excluding carboxylic acids is 2. The van der Waals surface area contributed by atoms with E-state index in [1.807, 2.05) is 0 Å². The number of nitrogens with one attached hydrogen (secondary N) is 2. The molecule has 0 saturated heterocycles. The van der Waals surface area contributed by atoms with Gasteiger partial charge in [-0.2, -0.15) is 18.3 Å². The molecule has 0 spiro atoms. The van der Waals surface area contributed by atoms with Crippen LogP contribution in [0, 0.1) is 6.92 Å². The molecule has 2 amide bonds. The van der Waals surface area contributed by atoms with E-state index < -0.39 is 23.6 Å². The van der Waals surface area contributed by atoms with Crippen LogP contribution in [0.4, 0.5) is 13.2 Å². The van der Waals surface area contributed by atoms with Gasteiger partial charge in [-0.3, -0.25) is 25.4 Å². The highest BCUT2D eigenvalue weighted by molar-refractivity contribution is 5.99. The van der Waals surface area contributed by atoms with E-state index in [9.17, 15) is 22.8 Å². The summed E-state index contributed by atoms with van der Waals surface area (Å²) in [5, 5.41) is 3.97. The number of alkyl halides is 3. The second-order valence-corrected chi connectivity index (χ2v) is 5.61.